The predicted molar refractivity (Wildman–Crippen MR) is 33.8 cm³/mol. The summed E-state index contributed by atoms with van der Waals surface area (Å²) in [7, 11) is 0. The van der Waals surface area contributed by atoms with Gasteiger partial charge in [0.2, 0.25) is 0 Å². The monoisotopic (exact) mass is 149 g/mol. The summed E-state index contributed by atoms with van der Waals surface area (Å²) in [4.78, 5) is 9.77. The van der Waals surface area contributed by atoms with Crippen molar-refractivity contribution in [3.63, 3.8) is 0 Å². The number of nitrogens with zero attached hydrogens (tertiary/aromatic N) is 1. The van der Waals surface area contributed by atoms with Crippen LogP contribution in [0.2, 0.25) is 0 Å². The Hall–Kier alpha value is -0.520. The highest BCUT2D eigenvalue weighted by Gasteiger charge is 2.43. The molecule has 0 saturated carbocycles. The van der Waals surface area contributed by atoms with Crippen LogP contribution in [-0.4, -0.2) is 27.8 Å². The third-order valence-corrected chi connectivity index (χ3v) is 1.43. The molecule has 5 heteroatoms. The second-order valence-corrected chi connectivity index (χ2v) is 2.77. The second kappa shape index (κ2) is 2.61. The van der Waals surface area contributed by atoms with Crippen molar-refractivity contribution in [1.82, 2.24) is 0 Å². The molecule has 0 aromatic rings. The first-order chi connectivity index (χ1) is 4.37. The third-order valence-electron chi connectivity index (χ3n) is 1.43. The summed E-state index contributed by atoms with van der Waals surface area (Å²) in [5.74, 6) is -2.69. The van der Waals surface area contributed by atoms with Crippen LogP contribution in [-0.2, 0) is 0 Å². The highest BCUT2D eigenvalue weighted by Crippen LogP contribution is 2.28. The van der Waals surface area contributed by atoms with Crippen molar-refractivity contribution in [1.29, 1.82) is 0 Å². The summed E-state index contributed by atoms with van der Waals surface area (Å²) < 4.78 is 0. The zero-order valence-electron chi connectivity index (χ0n) is 5.90. The van der Waals surface area contributed by atoms with Gasteiger partial charge in [-0.2, -0.15) is 0 Å². The Morgan fingerprint density at radius 2 is 1.80 bits per heavy atom. The third kappa shape index (κ3) is 1.50. The van der Waals surface area contributed by atoms with Crippen molar-refractivity contribution in [2.24, 2.45) is 10.6 Å². The van der Waals surface area contributed by atoms with Crippen molar-refractivity contribution < 1.29 is 15.3 Å². The Morgan fingerprint density at radius 3 is 1.90 bits per heavy atom. The zero-order valence-corrected chi connectivity index (χ0v) is 5.90. The SMILES string of the molecule is CC(C)(CO)C(O)(O)N=O. The number of nitroso groups, excluding NO2 is 1. The molecule has 3 N–H and O–H groups in total. The fraction of sp³-hybridized carbons (Fsp3) is 1.00. The van der Waals surface area contributed by atoms with Crippen LogP contribution in [0.25, 0.3) is 0 Å². The van der Waals surface area contributed by atoms with Crippen LogP contribution in [0.4, 0.5) is 0 Å². The van der Waals surface area contributed by atoms with E-state index in [1.165, 1.54) is 13.8 Å². The molecule has 60 valence electrons. The summed E-state index contributed by atoms with van der Waals surface area (Å²) >= 11 is 0. The zero-order chi connectivity index (χ0) is 8.41. The average molecular weight is 149 g/mol. The first-order valence-corrected chi connectivity index (χ1v) is 2.77. The van der Waals surface area contributed by atoms with Gasteiger partial charge in [-0.3, -0.25) is 0 Å². The van der Waals surface area contributed by atoms with Crippen molar-refractivity contribution in [2.45, 2.75) is 19.8 Å². The number of rotatable bonds is 3. The Morgan fingerprint density at radius 1 is 1.40 bits per heavy atom. The molecule has 0 aromatic heterocycles. The molecular weight excluding hydrogens is 138 g/mol. The lowest BCUT2D eigenvalue weighted by Crippen LogP contribution is -2.44. The highest BCUT2D eigenvalue weighted by atomic mass is 16.5. The van der Waals surface area contributed by atoms with Gasteiger partial charge in [0, 0.05) is 0 Å². The van der Waals surface area contributed by atoms with Crippen LogP contribution in [0.5, 0.6) is 0 Å². The van der Waals surface area contributed by atoms with Gasteiger partial charge in [-0.25, -0.2) is 0 Å². The summed E-state index contributed by atoms with van der Waals surface area (Å²) in [6.45, 7) is 2.11. The van der Waals surface area contributed by atoms with Gasteiger partial charge in [-0.15, -0.1) is 4.91 Å². The predicted octanol–water partition coefficient (Wildman–Crippen LogP) is -0.590. The minimum Gasteiger partial charge on any atom is -0.396 e. The maximum absolute atomic E-state index is 9.77. The van der Waals surface area contributed by atoms with Gasteiger partial charge in [0.25, 0.3) is 0 Å². The summed E-state index contributed by atoms with van der Waals surface area (Å²) in [5.41, 5.74) is -1.32. The fourth-order valence-corrected chi connectivity index (χ4v) is 0.230. The molecule has 0 rings (SSSR count). The minimum atomic E-state index is -2.69. The molecule has 0 saturated heterocycles. The average Bonchev–Trinajstić information content (AvgIpc) is 1.88. The van der Waals surface area contributed by atoms with E-state index < -0.39 is 17.9 Å². The fourth-order valence-electron chi connectivity index (χ4n) is 0.230. The van der Waals surface area contributed by atoms with E-state index in [2.05, 4.69) is 5.18 Å². The molecule has 0 radical (unpaired) electrons. The van der Waals surface area contributed by atoms with E-state index in [0.717, 1.165) is 0 Å². The smallest absolute Gasteiger partial charge is 0.310 e. The van der Waals surface area contributed by atoms with Gasteiger partial charge in [0.1, 0.15) is 0 Å². The quantitative estimate of drug-likeness (QED) is 0.369. The first kappa shape index (κ1) is 9.48. The topological polar surface area (TPSA) is 90.1 Å². The number of hydrogen-bond acceptors (Lipinski definition) is 5. The summed E-state index contributed by atoms with van der Waals surface area (Å²) in [6.07, 6.45) is 0. The molecule has 0 atom stereocenters. The molecule has 0 fully saturated rings. The number of hydrogen-bond donors (Lipinski definition) is 3. The molecule has 0 heterocycles. The standard InChI is InChI=1S/C5H11NO4/c1-4(2,3-7)5(8,9)6-10/h7-9H,3H2,1-2H3. The normalized spacial score (nSPS) is 13.3. The van der Waals surface area contributed by atoms with Gasteiger partial charge in [-0.1, -0.05) is 13.8 Å². The molecule has 0 aliphatic heterocycles. The van der Waals surface area contributed by atoms with Crippen LogP contribution in [0.1, 0.15) is 13.8 Å². The lowest BCUT2D eigenvalue weighted by atomic mass is 9.90. The molecule has 0 bridgehead atoms. The maximum Gasteiger partial charge on any atom is 0.310 e. The van der Waals surface area contributed by atoms with E-state index in [-0.39, 0.29) is 0 Å². The molecule has 10 heavy (non-hydrogen) atoms. The summed E-state index contributed by atoms with van der Waals surface area (Å²) in [6, 6.07) is 0. The van der Waals surface area contributed by atoms with Gasteiger partial charge >= 0.3 is 5.91 Å². The summed E-state index contributed by atoms with van der Waals surface area (Å²) in [5, 5.41) is 28.1. The van der Waals surface area contributed by atoms with Gasteiger partial charge in [0.05, 0.1) is 12.0 Å². The molecule has 0 spiro atoms. The number of aliphatic hydroxyl groups excluding tert-OH is 1. The Labute approximate surface area is 58.3 Å². The van der Waals surface area contributed by atoms with E-state index >= 15 is 0 Å². The molecular formula is C5H11NO4. The largest absolute Gasteiger partial charge is 0.396 e. The Kier molecular flexibility index (Phi) is 2.48. The molecule has 0 aliphatic rings. The van der Waals surface area contributed by atoms with E-state index in [0.29, 0.717) is 0 Å². The minimum absolute atomic E-state index is 0.522. The van der Waals surface area contributed by atoms with Gasteiger partial charge < -0.3 is 15.3 Å². The van der Waals surface area contributed by atoms with Gasteiger partial charge in [-0.05, 0) is 5.18 Å². The number of aliphatic hydroxyl groups is 3. The van der Waals surface area contributed by atoms with Crippen molar-refractivity contribution in [3.8, 4) is 0 Å². The van der Waals surface area contributed by atoms with Crippen LogP contribution >= 0.6 is 0 Å². The van der Waals surface area contributed by atoms with Crippen LogP contribution in [0.15, 0.2) is 5.18 Å². The lowest BCUT2D eigenvalue weighted by molar-refractivity contribution is -0.236. The Balaban J connectivity index is 4.43. The van der Waals surface area contributed by atoms with Crippen molar-refractivity contribution >= 4 is 0 Å². The van der Waals surface area contributed by atoms with Gasteiger partial charge in [0.15, 0.2) is 0 Å². The van der Waals surface area contributed by atoms with Crippen LogP contribution in [0, 0.1) is 10.3 Å². The van der Waals surface area contributed by atoms with E-state index in [1.54, 1.807) is 0 Å². The Bertz CT molecular complexity index is 132. The van der Waals surface area contributed by atoms with Crippen molar-refractivity contribution in [3.05, 3.63) is 4.91 Å². The molecule has 5 nitrogen and oxygen atoms in total. The van der Waals surface area contributed by atoms with E-state index in [1.807, 2.05) is 0 Å². The molecule has 0 aromatic carbocycles. The molecule has 0 amide bonds. The molecule has 0 unspecified atom stereocenters. The van der Waals surface area contributed by atoms with Crippen LogP contribution in [0.3, 0.4) is 0 Å². The first-order valence-electron chi connectivity index (χ1n) is 2.77. The second-order valence-electron chi connectivity index (χ2n) is 2.77. The van der Waals surface area contributed by atoms with E-state index in [9.17, 15) is 4.91 Å². The molecule has 0 aliphatic carbocycles. The maximum atomic E-state index is 9.77. The van der Waals surface area contributed by atoms with E-state index in [4.69, 9.17) is 15.3 Å². The van der Waals surface area contributed by atoms with Crippen molar-refractivity contribution in [2.75, 3.05) is 6.61 Å². The lowest BCUT2D eigenvalue weighted by Gasteiger charge is -2.29. The van der Waals surface area contributed by atoms with Crippen LogP contribution < -0.4 is 0 Å². The highest BCUT2D eigenvalue weighted by molar-refractivity contribution is 4.80.